The van der Waals surface area contributed by atoms with Gasteiger partial charge in [-0.15, -0.1) is 0 Å². The summed E-state index contributed by atoms with van der Waals surface area (Å²) in [7, 11) is 0. The van der Waals surface area contributed by atoms with Crippen molar-refractivity contribution in [2.75, 3.05) is 0 Å². The van der Waals surface area contributed by atoms with Gasteiger partial charge in [0.1, 0.15) is 5.82 Å². The zero-order valence-electron chi connectivity index (χ0n) is 10.8. The van der Waals surface area contributed by atoms with Gasteiger partial charge in [0.25, 0.3) is 0 Å². The molecule has 0 saturated heterocycles. The molecular formula is C16H10Cl2FNO. The van der Waals surface area contributed by atoms with Crippen LogP contribution >= 0.6 is 23.2 Å². The van der Waals surface area contributed by atoms with E-state index in [1.807, 2.05) is 0 Å². The lowest BCUT2D eigenvalue weighted by Crippen LogP contribution is -2.03. The van der Waals surface area contributed by atoms with E-state index in [-0.39, 0.29) is 18.0 Å². The van der Waals surface area contributed by atoms with E-state index in [0.717, 1.165) is 11.1 Å². The summed E-state index contributed by atoms with van der Waals surface area (Å²) in [6.07, 6.45) is 1.81. The Kier molecular flexibility index (Phi) is 3.70. The third kappa shape index (κ3) is 2.80. The van der Waals surface area contributed by atoms with Crippen molar-refractivity contribution < 1.29 is 9.18 Å². The molecule has 0 fully saturated rings. The Morgan fingerprint density at radius 1 is 1.14 bits per heavy atom. The minimum Gasteiger partial charge on any atom is -0.360 e. The molecule has 3 aromatic rings. The van der Waals surface area contributed by atoms with E-state index in [4.69, 9.17) is 23.2 Å². The molecule has 1 aromatic heterocycles. The van der Waals surface area contributed by atoms with Crippen LogP contribution in [0.1, 0.15) is 15.9 Å². The molecule has 0 aliphatic rings. The second kappa shape index (κ2) is 5.51. The molecule has 2 aromatic carbocycles. The molecule has 0 spiro atoms. The van der Waals surface area contributed by atoms with Crippen molar-refractivity contribution in [2.24, 2.45) is 0 Å². The summed E-state index contributed by atoms with van der Waals surface area (Å²) >= 11 is 12.1. The summed E-state index contributed by atoms with van der Waals surface area (Å²) in [5.41, 5.74) is 1.98. The molecule has 0 amide bonds. The monoisotopic (exact) mass is 321 g/mol. The molecule has 2 nitrogen and oxygen atoms in total. The van der Waals surface area contributed by atoms with Gasteiger partial charge in [0.05, 0.1) is 5.02 Å². The summed E-state index contributed by atoms with van der Waals surface area (Å²) in [5.74, 6) is -0.409. The third-order valence-corrected chi connectivity index (χ3v) is 3.79. The van der Waals surface area contributed by atoms with Gasteiger partial charge in [-0.2, -0.15) is 0 Å². The van der Waals surface area contributed by atoms with Crippen molar-refractivity contribution in [2.45, 2.75) is 6.42 Å². The maximum absolute atomic E-state index is 12.9. The predicted molar refractivity (Wildman–Crippen MR) is 82.8 cm³/mol. The number of hydrogen-bond acceptors (Lipinski definition) is 1. The number of nitrogens with one attached hydrogen (secondary N) is 1. The van der Waals surface area contributed by atoms with Gasteiger partial charge in [-0.3, -0.25) is 4.79 Å². The van der Waals surface area contributed by atoms with Crippen molar-refractivity contribution in [3.05, 3.63) is 69.6 Å². The number of fused-ring (bicyclic) bond motifs is 1. The topological polar surface area (TPSA) is 32.9 Å². The molecule has 3 rings (SSSR count). The van der Waals surface area contributed by atoms with Crippen LogP contribution < -0.4 is 0 Å². The first-order valence-corrected chi connectivity index (χ1v) is 7.04. The quantitative estimate of drug-likeness (QED) is 0.673. The highest BCUT2D eigenvalue weighted by Gasteiger charge is 2.15. The number of H-pyrrole nitrogens is 1. The van der Waals surface area contributed by atoms with Crippen molar-refractivity contribution in [1.29, 1.82) is 0 Å². The van der Waals surface area contributed by atoms with Gasteiger partial charge in [-0.25, -0.2) is 4.39 Å². The van der Waals surface area contributed by atoms with Crippen LogP contribution in [-0.2, 0) is 6.42 Å². The molecule has 0 saturated carbocycles. The Labute approximate surface area is 130 Å². The van der Waals surface area contributed by atoms with Gasteiger partial charge < -0.3 is 4.98 Å². The largest absolute Gasteiger partial charge is 0.360 e. The lowest BCUT2D eigenvalue weighted by Gasteiger charge is -2.02. The van der Waals surface area contributed by atoms with E-state index in [2.05, 4.69) is 4.98 Å². The van der Waals surface area contributed by atoms with Gasteiger partial charge in [-0.05, 0) is 29.8 Å². The molecule has 21 heavy (non-hydrogen) atoms. The third-order valence-electron chi connectivity index (χ3n) is 3.27. The van der Waals surface area contributed by atoms with Gasteiger partial charge in [0.15, 0.2) is 5.78 Å². The van der Waals surface area contributed by atoms with Crippen molar-refractivity contribution in [3.63, 3.8) is 0 Å². The Morgan fingerprint density at radius 2 is 1.86 bits per heavy atom. The van der Waals surface area contributed by atoms with Crippen LogP contribution in [0.3, 0.4) is 0 Å². The second-order valence-electron chi connectivity index (χ2n) is 4.74. The van der Waals surface area contributed by atoms with E-state index in [0.29, 0.717) is 21.0 Å². The number of hydrogen-bond donors (Lipinski definition) is 1. The molecule has 106 valence electrons. The van der Waals surface area contributed by atoms with Crippen LogP contribution in [0.15, 0.2) is 42.6 Å². The minimum atomic E-state index is -0.323. The zero-order chi connectivity index (χ0) is 15.0. The molecule has 5 heteroatoms. The van der Waals surface area contributed by atoms with E-state index < -0.39 is 0 Å². The smallest absolute Gasteiger partial charge is 0.169 e. The van der Waals surface area contributed by atoms with Gasteiger partial charge >= 0.3 is 0 Å². The molecule has 0 aliphatic carbocycles. The normalized spacial score (nSPS) is 11.0. The number of carbonyl (C=O) groups excluding carboxylic acids is 1. The number of carbonyl (C=O) groups is 1. The number of benzene rings is 2. The number of halogens is 3. The fourth-order valence-electron chi connectivity index (χ4n) is 2.29. The maximum Gasteiger partial charge on any atom is 0.169 e. The highest BCUT2D eigenvalue weighted by molar-refractivity contribution is 6.39. The van der Waals surface area contributed by atoms with E-state index in [1.165, 1.54) is 12.1 Å². The first-order valence-electron chi connectivity index (χ1n) is 6.28. The lowest BCUT2D eigenvalue weighted by atomic mass is 10.0. The molecule has 0 unspecified atom stereocenters. The number of aromatic nitrogens is 1. The van der Waals surface area contributed by atoms with Crippen LogP contribution in [-0.4, -0.2) is 10.8 Å². The number of Topliss-reactive ketones (excluding diaryl/α,β-unsaturated/α-hetero) is 1. The fraction of sp³-hybridized carbons (Fsp3) is 0.0625. The SMILES string of the molecule is O=C(Cc1ccc(F)cc1)c1c[nH]c2cc(Cl)cc(Cl)c12. The van der Waals surface area contributed by atoms with Crippen LogP contribution in [0.4, 0.5) is 4.39 Å². The molecule has 1 heterocycles. The van der Waals surface area contributed by atoms with Crippen LogP contribution in [0.5, 0.6) is 0 Å². The average Bonchev–Trinajstić information content (AvgIpc) is 2.85. The first kappa shape index (κ1) is 14.1. The van der Waals surface area contributed by atoms with Crippen LogP contribution in [0, 0.1) is 5.82 Å². The number of aromatic amines is 1. The van der Waals surface area contributed by atoms with Gasteiger partial charge in [0.2, 0.25) is 0 Å². The highest BCUT2D eigenvalue weighted by Crippen LogP contribution is 2.31. The summed E-state index contributed by atoms with van der Waals surface area (Å²) in [6, 6.07) is 9.20. The van der Waals surface area contributed by atoms with E-state index in [1.54, 1.807) is 30.5 Å². The fourth-order valence-corrected chi connectivity index (χ4v) is 2.88. The van der Waals surface area contributed by atoms with E-state index in [9.17, 15) is 9.18 Å². The Morgan fingerprint density at radius 3 is 2.57 bits per heavy atom. The summed E-state index contributed by atoms with van der Waals surface area (Å²) in [6.45, 7) is 0. The van der Waals surface area contributed by atoms with Crippen LogP contribution in [0.25, 0.3) is 10.9 Å². The lowest BCUT2D eigenvalue weighted by molar-refractivity contribution is 0.0994. The number of rotatable bonds is 3. The molecular weight excluding hydrogens is 312 g/mol. The summed E-state index contributed by atoms with van der Waals surface area (Å²) in [5, 5.41) is 1.60. The first-order chi connectivity index (χ1) is 10.0. The van der Waals surface area contributed by atoms with Crippen molar-refractivity contribution >= 4 is 39.9 Å². The average molecular weight is 322 g/mol. The molecule has 1 N–H and O–H groups in total. The highest BCUT2D eigenvalue weighted by atomic mass is 35.5. The molecule has 0 atom stereocenters. The zero-order valence-corrected chi connectivity index (χ0v) is 12.3. The minimum absolute atomic E-state index is 0.0860. The summed E-state index contributed by atoms with van der Waals surface area (Å²) in [4.78, 5) is 15.4. The molecule has 0 aliphatic heterocycles. The Balaban J connectivity index is 1.96. The van der Waals surface area contributed by atoms with E-state index >= 15 is 0 Å². The Bertz CT molecular complexity index is 824. The molecule has 0 bridgehead atoms. The standard InChI is InChI=1S/C16H10Cl2FNO/c17-10-6-13(18)16-12(8-20-14(16)7-10)15(21)5-9-1-3-11(19)4-2-9/h1-4,6-8,20H,5H2. The van der Waals surface area contributed by atoms with Gasteiger partial charge in [0, 0.05) is 34.1 Å². The summed E-state index contributed by atoms with van der Waals surface area (Å²) < 4.78 is 12.9. The Hall–Kier alpha value is -1.84. The van der Waals surface area contributed by atoms with Crippen molar-refractivity contribution in [3.8, 4) is 0 Å². The van der Waals surface area contributed by atoms with Crippen LogP contribution in [0.2, 0.25) is 10.0 Å². The number of ketones is 1. The second-order valence-corrected chi connectivity index (χ2v) is 5.58. The van der Waals surface area contributed by atoms with Gasteiger partial charge in [-0.1, -0.05) is 35.3 Å². The predicted octanol–water partition coefficient (Wildman–Crippen LogP) is 5.04. The van der Waals surface area contributed by atoms with Crippen molar-refractivity contribution in [1.82, 2.24) is 4.98 Å². The maximum atomic E-state index is 12.9. The molecule has 0 radical (unpaired) electrons.